The summed E-state index contributed by atoms with van der Waals surface area (Å²) in [6, 6.07) is 8.23. The van der Waals surface area contributed by atoms with Crippen LogP contribution in [-0.2, 0) is 0 Å². The van der Waals surface area contributed by atoms with E-state index in [1.807, 2.05) is 26.0 Å². The first-order valence-corrected chi connectivity index (χ1v) is 7.87. The summed E-state index contributed by atoms with van der Waals surface area (Å²) in [5, 5.41) is 4.33. The molecule has 0 bridgehead atoms. The first-order chi connectivity index (χ1) is 9.27. The van der Waals surface area contributed by atoms with Gasteiger partial charge in [-0.15, -0.1) is 0 Å². The summed E-state index contributed by atoms with van der Waals surface area (Å²) >= 11 is 5.92. The molecule has 2 heterocycles. The molecule has 106 valence electrons. The number of piperidine rings is 1. The smallest absolute Gasteiger partial charge is 0.0407 e. The van der Waals surface area contributed by atoms with Crippen molar-refractivity contribution >= 4 is 17.3 Å². The van der Waals surface area contributed by atoms with E-state index in [1.54, 1.807) is 0 Å². The highest BCUT2D eigenvalue weighted by molar-refractivity contribution is 6.30. The average Bonchev–Trinajstić information content (AvgIpc) is 2.91. The summed E-state index contributed by atoms with van der Waals surface area (Å²) in [5.74, 6) is 0. The first kappa shape index (κ1) is 14.7. The van der Waals surface area contributed by atoms with Crippen LogP contribution in [0.25, 0.3) is 0 Å². The average molecular weight is 281 g/mol. The van der Waals surface area contributed by atoms with Crippen LogP contribution < -0.4 is 10.2 Å². The molecule has 0 aliphatic carbocycles. The van der Waals surface area contributed by atoms with Gasteiger partial charge in [-0.3, -0.25) is 0 Å². The molecule has 0 amide bonds. The van der Waals surface area contributed by atoms with Crippen LogP contribution in [0, 0.1) is 5.41 Å². The number of nitrogens with one attached hydrogen (secondary N) is 1. The van der Waals surface area contributed by atoms with Gasteiger partial charge >= 0.3 is 0 Å². The third-order valence-electron chi connectivity index (χ3n) is 4.35. The molecule has 2 aliphatic heterocycles. The van der Waals surface area contributed by atoms with Gasteiger partial charge in [-0.05, 0) is 55.5 Å². The normalized spacial score (nSPS) is 21.1. The van der Waals surface area contributed by atoms with Gasteiger partial charge in [-0.25, -0.2) is 0 Å². The molecule has 1 aromatic rings. The molecular weight excluding hydrogens is 256 g/mol. The molecule has 3 rings (SSSR count). The lowest BCUT2D eigenvalue weighted by atomic mass is 9.78. The lowest BCUT2D eigenvalue weighted by molar-refractivity contribution is 0.247. The number of hydrogen-bond donors (Lipinski definition) is 1. The molecule has 0 unspecified atom stereocenters. The third-order valence-corrected chi connectivity index (χ3v) is 4.60. The highest BCUT2D eigenvalue weighted by atomic mass is 35.5. The predicted octanol–water partition coefficient (Wildman–Crippen LogP) is 3.95. The Kier molecular flexibility index (Phi) is 5.12. The molecule has 0 radical (unpaired) electrons. The highest BCUT2D eigenvalue weighted by Gasteiger charge is 2.36. The molecular formula is C16H25ClN2. The van der Waals surface area contributed by atoms with Crippen LogP contribution >= 0.6 is 11.6 Å². The second-order valence-corrected chi connectivity index (χ2v) is 5.83. The fourth-order valence-corrected chi connectivity index (χ4v) is 3.24. The maximum atomic E-state index is 5.92. The van der Waals surface area contributed by atoms with Crippen molar-refractivity contribution in [2.24, 2.45) is 5.41 Å². The zero-order valence-electron chi connectivity index (χ0n) is 12.1. The van der Waals surface area contributed by atoms with Crippen LogP contribution in [-0.4, -0.2) is 26.2 Å². The molecule has 0 atom stereocenters. The molecule has 3 heteroatoms. The number of nitrogens with zero attached hydrogens (tertiary/aromatic N) is 1. The third kappa shape index (κ3) is 3.43. The van der Waals surface area contributed by atoms with Crippen molar-refractivity contribution in [3.63, 3.8) is 0 Å². The molecule has 2 aliphatic rings. The number of halogens is 1. The summed E-state index contributed by atoms with van der Waals surface area (Å²) in [6.45, 7) is 8.80. The summed E-state index contributed by atoms with van der Waals surface area (Å²) < 4.78 is 0. The monoisotopic (exact) mass is 280 g/mol. The lowest BCUT2D eigenvalue weighted by Gasteiger charge is -2.40. The van der Waals surface area contributed by atoms with Crippen LogP contribution in [0.4, 0.5) is 5.69 Å². The molecule has 0 aromatic heterocycles. The standard InChI is InChI=1S/C14H19ClN2.C2H6/c15-12-1-3-13(4-2-12)17-9-6-14(7-10-17)5-8-16-11-14;1-2/h1-4,16H,5-11H2;1-2H3. The topological polar surface area (TPSA) is 15.3 Å². The Morgan fingerprint density at radius 2 is 1.68 bits per heavy atom. The SMILES string of the molecule is CC.Clc1ccc(N2CCC3(CCNC3)CC2)cc1. The van der Waals surface area contributed by atoms with E-state index in [-0.39, 0.29) is 0 Å². The summed E-state index contributed by atoms with van der Waals surface area (Å²) in [7, 11) is 0. The lowest BCUT2D eigenvalue weighted by Crippen LogP contribution is -2.41. The van der Waals surface area contributed by atoms with Crippen molar-refractivity contribution in [3.8, 4) is 0 Å². The van der Waals surface area contributed by atoms with Crippen molar-refractivity contribution in [1.82, 2.24) is 5.32 Å². The Morgan fingerprint density at radius 1 is 1.05 bits per heavy atom. The van der Waals surface area contributed by atoms with E-state index in [4.69, 9.17) is 11.6 Å². The molecule has 1 N–H and O–H groups in total. The van der Waals surface area contributed by atoms with Gasteiger partial charge in [0.15, 0.2) is 0 Å². The highest BCUT2D eigenvalue weighted by Crippen LogP contribution is 2.38. The van der Waals surface area contributed by atoms with Crippen molar-refractivity contribution < 1.29 is 0 Å². The molecule has 2 saturated heterocycles. The number of anilines is 1. The van der Waals surface area contributed by atoms with Crippen LogP contribution in [0.1, 0.15) is 33.1 Å². The quantitative estimate of drug-likeness (QED) is 0.838. The van der Waals surface area contributed by atoms with Crippen molar-refractivity contribution in [3.05, 3.63) is 29.3 Å². The van der Waals surface area contributed by atoms with E-state index in [0.29, 0.717) is 5.41 Å². The van der Waals surface area contributed by atoms with Crippen molar-refractivity contribution in [1.29, 1.82) is 0 Å². The molecule has 1 spiro atoms. The Hall–Kier alpha value is -0.730. The molecule has 2 nitrogen and oxygen atoms in total. The van der Waals surface area contributed by atoms with E-state index >= 15 is 0 Å². The first-order valence-electron chi connectivity index (χ1n) is 7.49. The van der Waals surface area contributed by atoms with Gasteiger partial charge in [0.1, 0.15) is 0 Å². The van der Waals surface area contributed by atoms with E-state index in [0.717, 1.165) is 5.02 Å². The Morgan fingerprint density at radius 3 is 2.21 bits per heavy atom. The van der Waals surface area contributed by atoms with E-state index < -0.39 is 0 Å². The molecule has 2 fully saturated rings. The molecule has 0 saturated carbocycles. The van der Waals surface area contributed by atoms with E-state index in [2.05, 4.69) is 22.3 Å². The van der Waals surface area contributed by atoms with Gasteiger partial charge in [-0.1, -0.05) is 25.4 Å². The number of rotatable bonds is 1. The second-order valence-electron chi connectivity index (χ2n) is 5.39. The Labute approximate surface area is 122 Å². The van der Waals surface area contributed by atoms with Crippen LogP contribution in [0.5, 0.6) is 0 Å². The number of benzene rings is 1. The minimum absolute atomic E-state index is 0.600. The Balaban J connectivity index is 0.000000637. The van der Waals surface area contributed by atoms with Crippen LogP contribution in [0.2, 0.25) is 5.02 Å². The van der Waals surface area contributed by atoms with Gasteiger partial charge in [0.25, 0.3) is 0 Å². The minimum atomic E-state index is 0.600. The van der Waals surface area contributed by atoms with Gasteiger partial charge < -0.3 is 10.2 Å². The second kappa shape index (κ2) is 6.62. The molecule has 19 heavy (non-hydrogen) atoms. The maximum absolute atomic E-state index is 5.92. The fourth-order valence-electron chi connectivity index (χ4n) is 3.11. The predicted molar refractivity (Wildman–Crippen MR) is 84.2 cm³/mol. The zero-order valence-corrected chi connectivity index (χ0v) is 12.8. The van der Waals surface area contributed by atoms with Gasteiger partial charge in [0.05, 0.1) is 0 Å². The van der Waals surface area contributed by atoms with E-state index in [9.17, 15) is 0 Å². The van der Waals surface area contributed by atoms with Crippen LogP contribution in [0.15, 0.2) is 24.3 Å². The van der Waals surface area contributed by atoms with Gasteiger partial charge in [0, 0.05) is 30.3 Å². The number of hydrogen-bond acceptors (Lipinski definition) is 2. The summed E-state index contributed by atoms with van der Waals surface area (Å²) in [6.07, 6.45) is 4.01. The zero-order chi connectivity index (χ0) is 13.7. The summed E-state index contributed by atoms with van der Waals surface area (Å²) in [4.78, 5) is 2.49. The van der Waals surface area contributed by atoms with E-state index in [1.165, 1.54) is 51.1 Å². The minimum Gasteiger partial charge on any atom is -0.371 e. The Bertz CT molecular complexity index is 372. The van der Waals surface area contributed by atoms with Gasteiger partial charge in [-0.2, -0.15) is 0 Å². The van der Waals surface area contributed by atoms with Gasteiger partial charge in [0.2, 0.25) is 0 Å². The summed E-state index contributed by atoms with van der Waals surface area (Å²) in [5.41, 5.74) is 1.92. The van der Waals surface area contributed by atoms with Crippen LogP contribution in [0.3, 0.4) is 0 Å². The largest absolute Gasteiger partial charge is 0.371 e. The fraction of sp³-hybridized carbons (Fsp3) is 0.625. The molecule has 1 aromatic carbocycles. The van der Waals surface area contributed by atoms with Crippen molar-refractivity contribution in [2.45, 2.75) is 33.1 Å². The maximum Gasteiger partial charge on any atom is 0.0407 e. The van der Waals surface area contributed by atoms with Crippen molar-refractivity contribution in [2.75, 3.05) is 31.1 Å².